The molecule has 0 fully saturated rings. The Balaban J connectivity index is 1.31. The molecule has 0 saturated heterocycles. The molecule has 0 spiro atoms. The molecule has 1 amide bonds. The average Bonchev–Trinajstić information content (AvgIpc) is 2.81. The van der Waals surface area contributed by atoms with Gasteiger partial charge in [-0.25, -0.2) is 4.57 Å². The van der Waals surface area contributed by atoms with Crippen molar-refractivity contribution in [2.24, 2.45) is 0 Å². The second kappa shape index (κ2) is 9.63. The van der Waals surface area contributed by atoms with Crippen molar-refractivity contribution in [3.8, 4) is 5.75 Å². The maximum Gasteiger partial charge on any atom is 0.251 e. The van der Waals surface area contributed by atoms with Crippen molar-refractivity contribution < 1.29 is 14.1 Å². The number of hydrogen-bond donors (Lipinski definition) is 1. The van der Waals surface area contributed by atoms with Gasteiger partial charge in [-0.05, 0) is 59.2 Å². The van der Waals surface area contributed by atoms with Gasteiger partial charge in [0.1, 0.15) is 5.75 Å². The summed E-state index contributed by atoms with van der Waals surface area (Å²) in [7, 11) is 1.65. The van der Waals surface area contributed by atoms with Crippen LogP contribution in [0.4, 0.5) is 0 Å². The van der Waals surface area contributed by atoms with Crippen LogP contribution in [0.1, 0.15) is 21.5 Å². The summed E-state index contributed by atoms with van der Waals surface area (Å²) in [4.78, 5) is 12.5. The van der Waals surface area contributed by atoms with Crippen LogP contribution in [0.3, 0.4) is 0 Å². The Morgan fingerprint density at radius 1 is 0.903 bits per heavy atom. The number of rotatable bonds is 7. The van der Waals surface area contributed by atoms with Crippen LogP contribution < -0.4 is 14.6 Å². The fourth-order valence-electron chi connectivity index (χ4n) is 3.48. The Hall–Kier alpha value is -3.37. The quantitative estimate of drug-likeness (QED) is 0.427. The monoisotopic (exact) mass is 431 g/mol. The van der Waals surface area contributed by atoms with Gasteiger partial charge in [-0.3, -0.25) is 4.79 Å². The van der Waals surface area contributed by atoms with Crippen LogP contribution in [-0.4, -0.2) is 19.6 Å². The highest BCUT2D eigenvalue weighted by molar-refractivity contribution is 6.30. The lowest BCUT2D eigenvalue weighted by Gasteiger charge is -2.07. The van der Waals surface area contributed by atoms with Gasteiger partial charge >= 0.3 is 0 Å². The highest BCUT2D eigenvalue weighted by Gasteiger charge is 2.08. The van der Waals surface area contributed by atoms with Crippen molar-refractivity contribution in [1.82, 2.24) is 5.32 Å². The lowest BCUT2D eigenvalue weighted by atomic mass is 10.1. The molecule has 156 valence electrons. The lowest BCUT2D eigenvalue weighted by Crippen LogP contribution is -2.33. The third kappa shape index (κ3) is 5.41. The molecular weight excluding hydrogens is 408 g/mol. The molecule has 1 N–H and O–H groups in total. The van der Waals surface area contributed by atoms with Crippen LogP contribution in [0, 0.1) is 0 Å². The van der Waals surface area contributed by atoms with E-state index in [1.165, 1.54) is 11.1 Å². The lowest BCUT2D eigenvalue weighted by molar-refractivity contribution is -0.688. The number of pyridine rings is 1. The second-order valence-electron chi connectivity index (χ2n) is 7.44. The number of amides is 1. The van der Waals surface area contributed by atoms with Gasteiger partial charge in [0, 0.05) is 34.8 Å². The van der Waals surface area contributed by atoms with Crippen LogP contribution in [-0.2, 0) is 13.0 Å². The van der Waals surface area contributed by atoms with Crippen LogP contribution >= 0.6 is 11.6 Å². The number of halogens is 1. The highest BCUT2D eigenvalue weighted by atomic mass is 35.5. The van der Waals surface area contributed by atoms with Gasteiger partial charge in [0.15, 0.2) is 18.9 Å². The van der Waals surface area contributed by atoms with Crippen LogP contribution in [0.25, 0.3) is 10.8 Å². The number of nitrogens with zero attached hydrogens (tertiary/aromatic N) is 1. The third-order valence-corrected chi connectivity index (χ3v) is 5.50. The molecule has 0 unspecified atom stereocenters. The molecule has 5 heteroatoms. The number of nitrogens with one attached hydrogen (secondary N) is 1. The van der Waals surface area contributed by atoms with Crippen LogP contribution in [0.2, 0.25) is 5.02 Å². The topological polar surface area (TPSA) is 42.2 Å². The number of aromatic nitrogens is 1. The molecule has 0 saturated carbocycles. The van der Waals surface area contributed by atoms with Gasteiger partial charge in [-0.2, -0.15) is 0 Å². The predicted octanol–water partition coefficient (Wildman–Crippen LogP) is 4.81. The SMILES string of the molecule is COc1ccc2cc(C(=O)NCCc3cc[n+](Cc4ccc(Cl)cc4)cc3)ccc2c1. The zero-order chi connectivity index (χ0) is 21.6. The smallest absolute Gasteiger partial charge is 0.251 e. The summed E-state index contributed by atoms with van der Waals surface area (Å²) in [5.41, 5.74) is 3.04. The molecule has 4 nitrogen and oxygen atoms in total. The summed E-state index contributed by atoms with van der Waals surface area (Å²) in [6.07, 6.45) is 4.89. The molecule has 0 aliphatic carbocycles. The molecule has 1 heterocycles. The van der Waals surface area contributed by atoms with Gasteiger partial charge in [-0.15, -0.1) is 0 Å². The van der Waals surface area contributed by atoms with E-state index in [0.29, 0.717) is 12.1 Å². The highest BCUT2D eigenvalue weighted by Crippen LogP contribution is 2.21. The molecule has 0 aliphatic heterocycles. The van der Waals surface area contributed by atoms with E-state index in [2.05, 4.69) is 34.4 Å². The van der Waals surface area contributed by atoms with Gasteiger partial charge in [0.05, 0.1) is 7.11 Å². The Kier molecular flexibility index (Phi) is 6.48. The molecule has 0 bridgehead atoms. The fourth-order valence-corrected chi connectivity index (χ4v) is 3.60. The van der Waals surface area contributed by atoms with Crippen LogP contribution in [0.5, 0.6) is 5.75 Å². The van der Waals surface area contributed by atoms with Crippen molar-refractivity contribution >= 4 is 28.3 Å². The maximum atomic E-state index is 12.5. The van der Waals surface area contributed by atoms with E-state index < -0.39 is 0 Å². The van der Waals surface area contributed by atoms with Gasteiger partial charge in [-0.1, -0.05) is 35.9 Å². The summed E-state index contributed by atoms with van der Waals surface area (Å²) >= 11 is 5.94. The fraction of sp³-hybridized carbons (Fsp3) is 0.154. The van der Waals surface area contributed by atoms with E-state index in [9.17, 15) is 4.79 Å². The molecule has 1 aromatic heterocycles. The van der Waals surface area contributed by atoms with E-state index in [4.69, 9.17) is 16.3 Å². The number of carbonyl (C=O) groups is 1. The Bertz CT molecular complexity index is 1190. The van der Waals surface area contributed by atoms with Crippen LogP contribution in [0.15, 0.2) is 85.2 Å². The zero-order valence-corrected chi connectivity index (χ0v) is 18.1. The third-order valence-electron chi connectivity index (χ3n) is 5.25. The van der Waals surface area contributed by atoms with Crippen molar-refractivity contribution in [1.29, 1.82) is 0 Å². The first-order valence-electron chi connectivity index (χ1n) is 10.2. The van der Waals surface area contributed by atoms with E-state index in [0.717, 1.165) is 34.5 Å². The number of hydrogen-bond acceptors (Lipinski definition) is 2. The summed E-state index contributed by atoms with van der Waals surface area (Å²) < 4.78 is 7.37. The number of ether oxygens (including phenoxy) is 1. The standard InChI is InChI=1S/C26H23ClN2O2/c1-31-25-9-6-21-16-23(5-4-22(21)17-25)26(30)28-13-10-19-11-14-29(15-12-19)18-20-2-7-24(27)8-3-20/h2-9,11-12,14-17H,10,13,18H2,1H3/p+1. The summed E-state index contributed by atoms with van der Waals surface area (Å²) in [5, 5.41) is 5.82. The summed E-state index contributed by atoms with van der Waals surface area (Å²) in [6, 6.07) is 23.6. The van der Waals surface area contributed by atoms with Gasteiger partial charge in [0.25, 0.3) is 5.91 Å². The molecular formula is C26H24ClN2O2+. The van der Waals surface area contributed by atoms with Crippen molar-refractivity contribution in [2.75, 3.05) is 13.7 Å². The van der Waals surface area contributed by atoms with Crippen molar-refractivity contribution in [3.05, 3.63) is 107 Å². The Labute approximate surface area is 187 Å². The average molecular weight is 432 g/mol. The molecule has 0 radical (unpaired) electrons. The minimum Gasteiger partial charge on any atom is -0.497 e. The molecule has 4 rings (SSSR count). The summed E-state index contributed by atoms with van der Waals surface area (Å²) in [5.74, 6) is 0.744. The minimum absolute atomic E-state index is 0.0635. The number of benzene rings is 3. The molecule has 3 aromatic carbocycles. The zero-order valence-electron chi connectivity index (χ0n) is 17.3. The Morgan fingerprint density at radius 2 is 1.61 bits per heavy atom. The van der Waals surface area contributed by atoms with E-state index >= 15 is 0 Å². The molecule has 4 aromatic rings. The van der Waals surface area contributed by atoms with E-state index in [-0.39, 0.29) is 5.91 Å². The molecule has 0 atom stereocenters. The molecule has 31 heavy (non-hydrogen) atoms. The number of carbonyl (C=O) groups excluding carboxylic acids is 1. The van der Waals surface area contributed by atoms with Gasteiger partial charge < -0.3 is 10.1 Å². The Morgan fingerprint density at radius 3 is 2.35 bits per heavy atom. The summed E-state index contributed by atoms with van der Waals surface area (Å²) in [6.45, 7) is 1.38. The molecule has 0 aliphatic rings. The second-order valence-corrected chi connectivity index (χ2v) is 7.88. The minimum atomic E-state index is -0.0635. The van der Waals surface area contributed by atoms with E-state index in [1.807, 2.05) is 60.7 Å². The van der Waals surface area contributed by atoms with Crippen molar-refractivity contribution in [2.45, 2.75) is 13.0 Å². The van der Waals surface area contributed by atoms with Gasteiger partial charge in [0.2, 0.25) is 0 Å². The number of fused-ring (bicyclic) bond motifs is 1. The van der Waals surface area contributed by atoms with E-state index in [1.54, 1.807) is 7.11 Å². The van der Waals surface area contributed by atoms with Crippen molar-refractivity contribution in [3.63, 3.8) is 0 Å². The largest absolute Gasteiger partial charge is 0.497 e. The normalized spacial score (nSPS) is 10.8. The predicted molar refractivity (Wildman–Crippen MR) is 124 cm³/mol. The maximum absolute atomic E-state index is 12.5. The first-order valence-corrected chi connectivity index (χ1v) is 10.6. The first-order chi connectivity index (χ1) is 15.1. The number of methoxy groups -OCH3 is 1. The first kappa shape index (κ1) is 20.9.